The van der Waals surface area contributed by atoms with E-state index in [1.165, 1.54) is 6.92 Å². The Balaban J connectivity index is 1.70. The van der Waals surface area contributed by atoms with Crippen LogP contribution < -0.4 is 10.6 Å². The molecule has 2 aromatic rings. The van der Waals surface area contributed by atoms with E-state index >= 15 is 0 Å². The van der Waals surface area contributed by atoms with Gasteiger partial charge in [-0.1, -0.05) is 12.1 Å². The van der Waals surface area contributed by atoms with Crippen molar-refractivity contribution < 1.29 is 14.4 Å². The molecule has 3 amide bonds. The Morgan fingerprint density at radius 1 is 0.821 bits per heavy atom. The molecule has 0 saturated carbocycles. The van der Waals surface area contributed by atoms with Crippen molar-refractivity contribution in [2.24, 2.45) is 0 Å². The number of rotatable bonds is 4. The molecule has 1 aliphatic rings. The van der Waals surface area contributed by atoms with E-state index in [0.29, 0.717) is 35.6 Å². The highest BCUT2D eigenvalue weighted by Crippen LogP contribution is 2.17. The van der Waals surface area contributed by atoms with Gasteiger partial charge < -0.3 is 20.4 Å². The van der Waals surface area contributed by atoms with Crippen LogP contribution in [-0.4, -0.2) is 60.7 Å². The van der Waals surface area contributed by atoms with E-state index in [1.54, 1.807) is 48.5 Å². The van der Waals surface area contributed by atoms with Gasteiger partial charge >= 0.3 is 0 Å². The number of carbonyl (C=O) groups is 3. The lowest BCUT2D eigenvalue weighted by atomic mass is 10.1. The molecule has 0 unspecified atom stereocenters. The van der Waals surface area contributed by atoms with Gasteiger partial charge in [0.1, 0.15) is 0 Å². The van der Waals surface area contributed by atoms with E-state index in [4.69, 9.17) is 0 Å². The van der Waals surface area contributed by atoms with Crippen molar-refractivity contribution in [2.75, 3.05) is 43.9 Å². The SMILES string of the molecule is CC(=O)Nc1cccc(NC(=O)c2cccc(C(=O)N3CCN(C)CC3)c2)c1. The summed E-state index contributed by atoms with van der Waals surface area (Å²) in [5.41, 5.74) is 2.07. The maximum atomic E-state index is 12.7. The molecule has 0 spiro atoms. The first-order valence-corrected chi connectivity index (χ1v) is 9.19. The monoisotopic (exact) mass is 380 g/mol. The molecule has 0 radical (unpaired) electrons. The van der Waals surface area contributed by atoms with E-state index in [0.717, 1.165) is 13.1 Å². The third kappa shape index (κ3) is 4.95. The standard InChI is InChI=1S/C21H24N4O3/c1-15(26)22-18-7-4-8-19(14-18)23-20(27)16-5-3-6-17(13-16)21(28)25-11-9-24(2)10-12-25/h3-8,13-14H,9-12H2,1-2H3,(H,22,26)(H,23,27). The van der Waals surface area contributed by atoms with Crippen LogP contribution in [0.3, 0.4) is 0 Å². The zero-order valence-electron chi connectivity index (χ0n) is 16.1. The lowest BCUT2D eigenvalue weighted by Crippen LogP contribution is -2.47. The Morgan fingerprint density at radius 2 is 1.43 bits per heavy atom. The summed E-state index contributed by atoms with van der Waals surface area (Å²) in [6, 6.07) is 13.6. The predicted molar refractivity (Wildman–Crippen MR) is 109 cm³/mol. The van der Waals surface area contributed by atoms with Gasteiger partial charge in [0.2, 0.25) is 5.91 Å². The van der Waals surface area contributed by atoms with Crippen LogP contribution in [0.5, 0.6) is 0 Å². The summed E-state index contributed by atoms with van der Waals surface area (Å²) in [5.74, 6) is -0.554. The molecule has 2 aromatic carbocycles. The van der Waals surface area contributed by atoms with Crippen molar-refractivity contribution in [3.05, 3.63) is 59.7 Å². The van der Waals surface area contributed by atoms with E-state index < -0.39 is 0 Å². The Bertz CT molecular complexity index is 889. The van der Waals surface area contributed by atoms with Crippen LogP contribution in [0.15, 0.2) is 48.5 Å². The quantitative estimate of drug-likeness (QED) is 0.853. The third-order valence-corrected chi connectivity index (χ3v) is 4.60. The van der Waals surface area contributed by atoms with Crippen LogP contribution >= 0.6 is 0 Å². The Labute approximate surface area is 164 Å². The molecule has 0 bridgehead atoms. The van der Waals surface area contributed by atoms with Crippen molar-refractivity contribution >= 4 is 29.1 Å². The van der Waals surface area contributed by atoms with Crippen molar-refractivity contribution in [3.8, 4) is 0 Å². The van der Waals surface area contributed by atoms with Gasteiger partial charge in [0, 0.05) is 55.6 Å². The molecule has 3 rings (SSSR count). The molecule has 146 valence electrons. The van der Waals surface area contributed by atoms with E-state index in [1.807, 2.05) is 11.9 Å². The van der Waals surface area contributed by atoms with Gasteiger partial charge in [0.05, 0.1) is 0 Å². The van der Waals surface area contributed by atoms with Crippen LogP contribution in [0.1, 0.15) is 27.6 Å². The molecular formula is C21H24N4O3. The summed E-state index contributed by atoms with van der Waals surface area (Å²) in [4.78, 5) is 40.5. The van der Waals surface area contributed by atoms with Gasteiger partial charge in [-0.3, -0.25) is 14.4 Å². The summed E-state index contributed by atoms with van der Waals surface area (Å²) in [6.07, 6.45) is 0. The maximum absolute atomic E-state index is 12.7. The number of nitrogens with zero attached hydrogens (tertiary/aromatic N) is 2. The summed E-state index contributed by atoms with van der Waals surface area (Å²) < 4.78 is 0. The van der Waals surface area contributed by atoms with Gasteiger partial charge in [-0.2, -0.15) is 0 Å². The number of amides is 3. The molecule has 0 atom stereocenters. The van der Waals surface area contributed by atoms with Crippen LogP contribution in [0.2, 0.25) is 0 Å². The molecule has 7 nitrogen and oxygen atoms in total. The Morgan fingerprint density at radius 3 is 2.11 bits per heavy atom. The fourth-order valence-electron chi connectivity index (χ4n) is 3.07. The number of benzene rings is 2. The number of carbonyl (C=O) groups excluding carboxylic acids is 3. The smallest absolute Gasteiger partial charge is 0.255 e. The summed E-state index contributed by atoms with van der Waals surface area (Å²) in [7, 11) is 2.04. The Hall–Kier alpha value is -3.19. The molecule has 0 aromatic heterocycles. The second kappa shape index (κ2) is 8.67. The molecule has 0 aliphatic carbocycles. The van der Waals surface area contributed by atoms with Gasteiger partial charge in [0.25, 0.3) is 11.8 Å². The summed E-state index contributed by atoms with van der Waals surface area (Å²) in [6.45, 7) is 4.48. The molecule has 2 N–H and O–H groups in total. The summed E-state index contributed by atoms with van der Waals surface area (Å²) >= 11 is 0. The van der Waals surface area contributed by atoms with Crippen molar-refractivity contribution in [2.45, 2.75) is 6.92 Å². The highest BCUT2D eigenvalue weighted by Gasteiger charge is 2.21. The number of likely N-dealkylation sites (N-methyl/N-ethyl adjacent to an activating group) is 1. The molecule has 1 saturated heterocycles. The van der Waals surface area contributed by atoms with Crippen molar-refractivity contribution in [3.63, 3.8) is 0 Å². The maximum Gasteiger partial charge on any atom is 0.255 e. The lowest BCUT2D eigenvalue weighted by molar-refractivity contribution is -0.114. The van der Waals surface area contributed by atoms with Gasteiger partial charge in [-0.15, -0.1) is 0 Å². The molecule has 7 heteroatoms. The lowest BCUT2D eigenvalue weighted by Gasteiger charge is -2.32. The average Bonchev–Trinajstić information content (AvgIpc) is 2.68. The number of piperazine rings is 1. The van der Waals surface area contributed by atoms with Gasteiger partial charge in [-0.05, 0) is 43.4 Å². The normalized spacial score (nSPS) is 14.4. The van der Waals surface area contributed by atoms with Gasteiger partial charge in [0.15, 0.2) is 0 Å². The minimum absolute atomic E-state index is 0.0598. The van der Waals surface area contributed by atoms with Crippen LogP contribution in [0.4, 0.5) is 11.4 Å². The summed E-state index contributed by atoms with van der Waals surface area (Å²) in [5, 5.41) is 5.48. The van der Waals surface area contributed by atoms with Crippen LogP contribution in [0, 0.1) is 0 Å². The molecule has 1 heterocycles. The van der Waals surface area contributed by atoms with Crippen LogP contribution in [-0.2, 0) is 4.79 Å². The minimum atomic E-state index is -0.312. The molecule has 1 fully saturated rings. The first kappa shape index (κ1) is 19.6. The van der Waals surface area contributed by atoms with E-state index in [9.17, 15) is 14.4 Å². The largest absolute Gasteiger partial charge is 0.336 e. The molecule has 28 heavy (non-hydrogen) atoms. The van der Waals surface area contributed by atoms with E-state index in [-0.39, 0.29) is 17.7 Å². The molecule has 1 aliphatic heterocycles. The first-order valence-electron chi connectivity index (χ1n) is 9.19. The van der Waals surface area contributed by atoms with Crippen molar-refractivity contribution in [1.82, 2.24) is 9.80 Å². The molecular weight excluding hydrogens is 356 g/mol. The second-order valence-electron chi connectivity index (χ2n) is 6.89. The zero-order chi connectivity index (χ0) is 20.1. The fourth-order valence-corrected chi connectivity index (χ4v) is 3.07. The second-order valence-corrected chi connectivity index (χ2v) is 6.89. The number of nitrogens with one attached hydrogen (secondary N) is 2. The number of hydrogen-bond donors (Lipinski definition) is 2. The Kier molecular flexibility index (Phi) is 6.06. The van der Waals surface area contributed by atoms with Gasteiger partial charge in [-0.25, -0.2) is 0 Å². The average molecular weight is 380 g/mol. The highest BCUT2D eigenvalue weighted by atomic mass is 16.2. The van der Waals surface area contributed by atoms with E-state index in [2.05, 4.69) is 15.5 Å². The first-order chi connectivity index (χ1) is 13.4. The van der Waals surface area contributed by atoms with Crippen LogP contribution in [0.25, 0.3) is 0 Å². The fraction of sp³-hybridized carbons (Fsp3) is 0.286. The topological polar surface area (TPSA) is 81.8 Å². The third-order valence-electron chi connectivity index (χ3n) is 4.60. The minimum Gasteiger partial charge on any atom is -0.336 e. The highest BCUT2D eigenvalue weighted by molar-refractivity contribution is 6.06. The number of anilines is 2. The van der Waals surface area contributed by atoms with Crippen molar-refractivity contribution in [1.29, 1.82) is 0 Å². The zero-order valence-corrected chi connectivity index (χ0v) is 16.1. The predicted octanol–water partition coefficient (Wildman–Crippen LogP) is 2.28. The number of hydrogen-bond acceptors (Lipinski definition) is 4.